The van der Waals surface area contributed by atoms with Gasteiger partial charge in [-0.05, 0) is 31.2 Å². The summed E-state index contributed by atoms with van der Waals surface area (Å²) in [5, 5.41) is 3.21. The highest BCUT2D eigenvalue weighted by molar-refractivity contribution is 7.91. The van der Waals surface area contributed by atoms with Gasteiger partial charge in [-0.3, -0.25) is 9.79 Å². The molecule has 2 aromatic rings. The molecule has 29 heavy (non-hydrogen) atoms. The number of rotatable bonds is 6. The Balaban J connectivity index is 1.58. The second-order valence-corrected chi connectivity index (χ2v) is 8.73. The summed E-state index contributed by atoms with van der Waals surface area (Å²) in [4.78, 5) is 21.0. The highest BCUT2D eigenvalue weighted by Crippen LogP contribution is 2.11. The normalized spacial score (nSPS) is 15.4. The number of carbonyl (C=O) groups excluding carboxylic acids is 1. The van der Waals surface area contributed by atoms with E-state index < -0.39 is 9.84 Å². The lowest BCUT2D eigenvalue weighted by atomic mass is 10.3. The van der Waals surface area contributed by atoms with Crippen LogP contribution in [-0.2, 0) is 9.84 Å². The van der Waals surface area contributed by atoms with Crippen molar-refractivity contribution in [3.8, 4) is 0 Å². The molecule has 2 heterocycles. The standard InChI is InChI=1S/C20H26N4O4S/c1-2-21-20(22-10-16-29(26,27)17-7-4-3-5-8-17)24-13-11-23(12-14-24)19(25)18-9-6-15-28-18/h3-9,15H,2,10-14,16H2,1H3,(H,21,22). The van der Waals surface area contributed by atoms with Crippen LogP contribution in [0.15, 0.2) is 63.0 Å². The molecule has 3 rings (SSSR count). The van der Waals surface area contributed by atoms with Crippen molar-refractivity contribution in [1.82, 2.24) is 15.1 Å². The Morgan fingerprint density at radius 2 is 1.76 bits per heavy atom. The molecule has 0 bridgehead atoms. The van der Waals surface area contributed by atoms with Gasteiger partial charge in [-0.2, -0.15) is 0 Å². The summed E-state index contributed by atoms with van der Waals surface area (Å²) in [5.74, 6) is 0.833. The predicted molar refractivity (Wildman–Crippen MR) is 111 cm³/mol. The lowest BCUT2D eigenvalue weighted by molar-refractivity contribution is 0.0657. The molecule has 9 heteroatoms. The Morgan fingerprint density at radius 3 is 2.38 bits per heavy atom. The number of carbonyl (C=O) groups is 1. The molecule has 0 aliphatic carbocycles. The Labute approximate surface area is 171 Å². The molecule has 8 nitrogen and oxygen atoms in total. The number of guanidine groups is 1. The third-order valence-electron chi connectivity index (χ3n) is 4.66. The molecular formula is C20H26N4O4S. The summed E-state index contributed by atoms with van der Waals surface area (Å²) in [5.41, 5.74) is 0. The van der Waals surface area contributed by atoms with Crippen LogP contribution < -0.4 is 5.32 Å². The molecule has 156 valence electrons. The smallest absolute Gasteiger partial charge is 0.289 e. The number of benzene rings is 1. The number of furan rings is 1. The molecule has 1 N–H and O–H groups in total. The third-order valence-corrected chi connectivity index (χ3v) is 6.37. The number of nitrogens with zero attached hydrogens (tertiary/aromatic N) is 3. The van der Waals surface area contributed by atoms with Crippen molar-refractivity contribution in [2.45, 2.75) is 11.8 Å². The van der Waals surface area contributed by atoms with Gasteiger partial charge in [0.1, 0.15) is 0 Å². The molecule has 0 radical (unpaired) electrons. The number of hydrogen-bond donors (Lipinski definition) is 1. The van der Waals surface area contributed by atoms with Crippen molar-refractivity contribution >= 4 is 21.7 Å². The molecule has 1 aliphatic rings. The van der Waals surface area contributed by atoms with Crippen LogP contribution in [0, 0.1) is 0 Å². The first-order chi connectivity index (χ1) is 14.0. The fourth-order valence-corrected chi connectivity index (χ4v) is 4.26. The van der Waals surface area contributed by atoms with Gasteiger partial charge in [-0.1, -0.05) is 18.2 Å². The zero-order chi connectivity index (χ0) is 20.7. The average molecular weight is 419 g/mol. The first-order valence-corrected chi connectivity index (χ1v) is 11.3. The summed E-state index contributed by atoms with van der Waals surface area (Å²) >= 11 is 0. The largest absolute Gasteiger partial charge is 0.459 e. The molecule has 0 unspecified atom stereocenters. The number of nitrogens with one attached hydrogen (secondary N) is 1. The van der Waals surface area contributed by atoms with Crippen LogP contribution in [0.3, 0.4) is 0 Å². The number of hydrogen-bond acceptors (Lipinski definition) is 5. The summed E-state index contributed by atoms with van der Waals surface area (Å²) in [6, 6.07) is 11.8. The fraction of sp³-hybridized carbons (Fsp3) is 0.400. The molecule has 1 amide bonds. The van der Waals surface area contributed by atoms with E-state index in [1.54, 1.807) is 47.4 Å². The zero-order valence-corrected chi connectivity index (χ0v) is 17.3. The van der Waals surface area contributed by atoms with E-state index in [-0.39, 0.29) is 18.2 Å². The Kier molecular flexibility index (Phi) is 6.92. The maximum absolute atomic E-state index is 12.4. The number of aliphatic imine (C=N–C) groups is 1. The van der Waals surface area contributed by atoms with Gasteiger partial charge in [0.15, 0.2) is 21.6 Å². The van der Waals surface area contributed by atoms with Crippen LogP contribution in [0.2, 0.25) is 0 Å². The minimum absolute atomic E-state index is 0.0527. The van der Waals surface area contributed by atoms with Gasteiger partial charge < -0.3 is 19.5 Å². The van der Waals surface area contributed by atoms with E-state index in [0.29, 0.717) is 49.3 Å². The van der Waals surface area contributed by atoms with Crippen LogP contribution in [0.4, 0.5) is 0 Å². The van der Waals surface area contributed by atoms with Crippen LogP contribution in [0.5, 0.6) is 0 Å². The van der Waals surface area contributed by atoms with Gasteiger partial charge in [0.25, 0.3) is 5.91 Å². The highest BCUT2D eigenvalue weighted by atomic mass is 32.2. The maximum atomic E-state index is 12.4. The first-order valence-electron chi connectivity index (χ1n) is 9.65. The predicted octanol–water partition coefficient (Wildman–Crippen LogP) is 1.48. The van der Waals surface area contributed by atoms with E-state index in [4.69, 9.17) is 4.42 Å². The Morgan fingerprint density at radius 1 is 1.07 bits per heavy atom. The molecule has 0 atom stereocenters. The minimum Gasteiger partial charge on any atom is -0.459 e. The van der Waals surface area contributed by atoms with Gasteiger partial charge >= 0.3 is 0 Å². The van der Waals surface area contributed by atoms with Crippen LogP contribution in [-0.4, -0.2) is 75.1 Å². The van der Waals surface area contributed by atoms with Gasteiger partial charge in [0.05, 0.1) is 23.5 Å². The van der Waals surface area contributed by atoms with E-state index in [1.807, 2.05) is 11.8 Å². The van der Waals surface area contributed by atoms with E-state index in [0.717, 1.165) is 0 Å². The van der Waals surface area contributed by atoms with Crippen LogP contribution in [0.25, 0.3) is 0 Å². The molecule has 1 fully saturated rings. The van der Waals surface area contributed by atoms with Gasteiger partial charge in [0.2, 0.25) is 0 Å². The second-order valence-electron chi connectivity index (χ2n) is 6.62. The van der Waals surface area contributed by atoms with Crippen LogP contribution >= 0.6 is 0 Å². The molecule has 1 aliphatic heterocycles. The SMILES string of the molecule is CCNC(=NCCS(=O)(=O)c1ccccc1)N1CCN(C(=O)c2ccco2)CC1. The minimum atomic E-state index is -3.36. The Bertz CT molecular complexity index is 919. The summed E-state index contributed by atoms with van der Waals surface area (Å²) in [6.45, 7) is 5.14. The molecule has 0 spiro atoms. The van der Waals surface area contributed by atoms with E-state index in [9.17, 15) is 13.2 Å². The average Bonchev–Trinajstić information content (AvgIpc) is 3.28. The monoisotopic (exact) mass is 418 g/mol. The van der Waals surface area contributed by atoms with Gasteiger partial charge in [0, 0.05) is 32.7 Å². The second kappa shape index (κ2) is 9.60. The van der Waals surface area contributed by atoms with Gasteiger partial charge in [-0.15, -0.1) is 0 Å². The summed E-state index contributed by atoms with van der Waals surface area (Å²) in [6.07, 6.45) is 1.49. The van der Waals surface area contributed by atoms with Crippen molar-refractivity contribution in [3.63, 3.8) is 0 Å². The zero-order valence-electron chi connectivity index (χ0n) is 16.5. The van der Waals surface area contributed by atoms with Crippen molar-refractivity contribution in [3.05, 3.63) is 54.5 Å². The van der Waals surface area contributed by atoms with Crippen molar-refractivity contribution in [1.29, 1.82) is 0 Å². The maximum Gasteiger partial charge on any atom is 0.289 e. The van der Waals surface area contributed by atoms with Crippen molar-refractivity contribution in [2.24, 2.45) is 4.99 Å². The van der Waals surface area contributed by atoms with E-state index >= 15 is 0 Å². The van der Waals surface area contributed by atoms with Crippen molar-refractivity contribution in [2.75, 3.05) is 45.0 Å². The molecule has 0 saturated carbocycles. The van der Waals surface area contributed by atoms with Crippen molar-refractivity contribution < 1.29 is 17.6 Å². The van der Waals surface area contributed by atoms with Crippen LogP contribution in [0.1, 0.15) is 17.5 Å². The number of piperazine rings is 1. The number of sulfone groups is 1. The quantitative estimate of drug-likeness (QED) is 0.564. The summed E-state index contributed by atoms with van der Waals surface area (Å²) < 4.78 is 30.0. The molecule has 1 saturated heterocycles. The van der Waals surface area contributed by atoms with Gasteiger partial charge in [-0.25, -0.2) is 8.42 Å². The molecular weight excluding hydrogens is 392 g/mol. The molecule has 1 aromatic heterocycles. The van der Waals surface area contributed by atoms with E-state index in [2.05, 4.69) is 10.3 Å². The lowest BCUT2D eigenvalue weighted by Crippen LogP contribution is -2.53. The Hall–Kier alpha value is -2.81. The molecule has 1 aromatic carbocycles. The fourth-order valence-electron chi connectivity index (χ4n) is 3.12. The highest BCUT2D eigenvalue weighted by Gasteiger charge is 2.25. The third kappa shape index (κ3) is 5.38. The topological polar surface area (TPSA) is 95.2 Å². The first kappa shape index (κ1) is 20.9. The number of amides is 1. The summed E-state index contributed by atoms with van der Waals surface area (Å²) in [7, 11) is -3.36. The lowest BCUT2D eigenvalue weighted by Gasteiger charge is -2.36. The van der Waals surface area contributed by atoms with E-state index in [1.165, 1.54) is 6.26 Å².